The Balaban J connectivity index is 1.71. The van der Waals surface area contributed by atoms with Crippen LogP contribution in [0, 0.1) is 5.82 Å². The summed E-state index contributed by atoms with van der Waals surface area (Å²) in [5, 5.41) is 11.6. The first-order valence-corrected chi connectivity index (χ1v) is 7.99. The Labute approximate surface area is 149 Å². The van der Waals surface area contributed by atoms with E-state index in [9.17, 15) is 14.0 Å². The van der Waals surface area contributed by atoms with Crippen molar-refractivity contribution in [1.82, 2.24) is 5.32 Å². The van der Waals surface area contributed by atoms with Gasteiger partial charge in [-0.15, -0.1) is 0 Å². The summed E-state index contributed by atoms with van der Waals surface area (Å²) in [6.45, 7) is 4.32. The lowest BCUT2D eigenvalue weighted by Gasteiger charge is -2.26. The molecule has 0 bridgehead atoms. The summed E-state index contributed by atoms with van der Waals surface area (Å²) < 4.78 is 24.7. The van der Waals surface area contributed by atoms with Crippen LogP contribution < -0.4 is 14.8 Å². The molecule has 1 aliphatic heterocycles. The normalized spacial score (nSPS) is 12.7. The van der Waals surface area contributed by atoms with Gasteiger partial charge in [0.1, 0.15) is 5.82 Å². The summed E-state index contributed by atoms with van der Waals surface area (Å²) >= 11 is 0. The molecule has 3 rings (SSSR count). The minimum Gasteiger partial charge on any atom is -0.478 e. The van der Waals surface area contributed by atoms with Gasteiger partial charge in [0.05, 0.1) is 11.1 Å². The molecule has 0 fully saturated rings. The van der Waals surface area contributed by atoms with E-state index in [1.54, 1.807) is 0 Å². The molecule has 0 aliphatic carbocycles. The van der Waals surface area contributed by atoms with E-state index in [1.165, 1.54) is 12.1 Å². The number of rotatable bonds is 5. The Bertz CT molecular complexity index is 878. The smallest absolute Gasteiger partial charge is 0.335 e. The number of nitrogens with one attached hydrogen (secondary N) is 1. The first-order valence-electron chi connectivity index (χ1n) is 7.99. The van der Waals surface area contributed by atoms with Crippen LogP contribution in [0.4, 0.5) is 4.39 Å². The van der Waals surface area contributed by atoms with Crippen LogP contribution in [0.2, 0.25) is 0 Å². The largest absolute Gasteiger partial charge is 0.478 e. The summed E-state index contributed by atoms with van der Waals surface area (Å²) in [4.78, 5) is 23.1. The minimum atomic E-state index is -1.25. The number of halogens is 1. The second-order valence-corrected chi connectivity index (χ2v) is 6.63. The molecule has 136 valence electrons. The van der Waals surface area contributed by atoms with Gasteiger partial charge in [0.25, 0.3) is 5.91 Å². The number of carbonyl (C=O) groups is 2. The third-order valence-corrected chi connectivity index (χ3v) is 4.31. The Kier molecular flexibility index (Phi) is 4.54. The third-order valence-electron chi connectivity index (χ3n) is 4.31. The van der Waals surface area contributed by atoms with Crippen LogP contribution in [0.3, 0.4) is 0 Å². The molecule has 6 nitrogen and oxygen atoms in total. The predicted octanol–water partition coefficient (Wildman–Crippen LogP) is 2.96. The van der Waals surface area contributed by atoms with Crippen LogP contribution >= 0.6 is 0 Å². The van der Waals surface area contributed by atoms with Crippen molar-refractivity contribution in [2.75, 3.05) is 13.3 Å². The highest BCUT2D eigenvalue weighted by Gasteiger charge is 2.25. The highest BCUT2D eigenvalue weighted by molar-refractivity contribution is 5.96. The number of carboxylic acid groups (broad SMARTS) is 1. The van der Waals surface area contributed by atoms with Crippen LogP contribution in [0.25, 0.3) is 0 Å². The molecule has 2 N–H and O–H groups in total. The minimum absolute atomic E-state index is 0.182. The maximum Gasteiger partial charge on any atom is 0.335 e. The standard InChI is InChI=1S/C19H18FNO5/c1-19(2,12-4-6-15-16(8-12)26-10-25-15)9-21-17(22)13-5-3-11(18(23)24)7-14(13)20/h3-8H,9-10H2,1-2H3,(H,21,22)(H,23,24). The van der Waals surface area contributed by atoms with E-state index < -0.39 is 23.1 Å². The summed E-state index contributed by atoms with van der Waals surface area (Å²) in [7, 11) is 0. The zero-order valence-corrected chi connectivity index (χ0v) is 14.3. The fourth-order valence-corrected chi connectivity index (χ4v) is 2.65. The van der Waals surface area contributed by atoms with Crippen LogP contribution in [0.5, 0.6) is 11.5 Å². The van der Waals surface area contributed by atoms with Gasteiger partial charge in [-0.05, 0) is 35.9 Å². The van der Waals surface area contributed by atoms with Crippen LogP contribution in [0.15, 0.2) is 36.4 Å². The molecule has 26 heavy (non-hydrogen) atoms. The molecule has 0 saturated heterocycles. The quantitative estimate of drug-likeness (QED) is 0.857. The number of benzene rings is 2. The molecule has 2 aromatic carbocycles. The number of aromatic carboxylic acids is 1. The van der Waals surface area contributed by atoms with Crippen molar-refractivity contribution in [1.29, 1.82) is 0 Å². The van der Waals surface area contributed by atoms with Gasteiger partial charge in [-0.2, -0.15) is 0 Å². The average Bonchev–Trinajstić information content (AvgIpc) is 3.07. The molecular formula is C19H18FNO5. The second kappa shape index (κ2) is 6.67. The lowest BCUT2D eigenvalue weighted by atomic mass is 9.84. The van der Waals surface area contributed by atoms with E-state index in [0.29, 0.717) is 11.5 Å². The summed E-state index contributed by atoms with van der Waals surface area (Å²) in [6, 6.07) is 8.76. The van der Waals surface area contributed by atoms with E-state index in [4.69, 9.17) is 14.6 Å². The van der Waals surface area contributed by atoms with Crippen molar-refractivity contribution in [2.24, 2.45) is 0 Å². The maximum absolute atomic E-state index is 14.0. The van der Waals surface area contributed by atoms with Gasteiger partial charge in [-0.25, -0.2) is 9.18 Å². The Morgan fingerprint density at radius 1 is 1.15 bits per heavy atom. The molecular weight excluding hydrogens is 341 g/mol. The lowest BCUT2D eigenvalue weighted by Crippen LogP contribution is -2.37. The van der Waals surface area contributed by atoms with Gasteiger partial charge in [0, 0.05) is 12.0 Å². The fourth-order valence-electron chi connectivity index (χ4n) is 2.65. The second-order valence-electron chi connectivity index (χ2n) is 6.63. The van der Waals surface area contributed by atoms with Crippen molar-refractivity contribution < 1.29 is 28.6 Å². The summed E-state index contributed by atoms with van der Waals surface area (Å²) in [5.74, 6) is -1.40. The molecule has 0 unspecified atom stereocenters. The van der Waals surface area contributed by atoms with Crippen LogP contribution in [-0.2, 0) is 5.41 Å². The van der Waals surface area contributed by atoms with E-state index >= 15 is 0 Å². The van der Waals surface area contributed by atoms with Crippen molar-refractivity contribution in [3.8, 4) is 11.5 Å². The Morgan fingerprint density at radius 3 is 2.58 bits per heavy atom. The van der Waals surface area contributed by atoms with Crippen molar-refractivity contribution in [3.63, 3.8) is 0 Å². The Hall–Kier alpha value is -3.09. The number of carbonyl (C=O) groups excluding carboxylic acids is 1. The average molecular weight is 359 g/mol. The molecule has 0 saturated carbocycles. The van der Waals surface area contributed by atoms with Crippen molar-refractivity contribution in [3.05, 3.63) is 58.9 Å². The van der Waals surface area contributed by atoms with E-state index in [-0.39, 0.29) is 24.5 Å². The zero-order chi connectivity index (χ0) is 18.9. The molecule has 1 heterocycles. The van der Waals surface area contributed by atoms with E-state index in [0.717, 1.165) is 11.6 Å². The summed E-state index contributed by atoms with van der Waals surface area (Å²) in [5.41, 5.74) is 0.0914. The first kappa shape index (κ1) is 17.7. The first-order chi connectivity index (χ1) is 12.3. The van der Waals surface area contributed by atoms with E-state index in [2.05, 4.69) is 5.32 Å². The number of hydrogen-bond acceptors (Lipinski definition) is 4. The highest BCUT2D eigenvalue weighted by atomic mass is 19.1. The number of hydrogen-bond donors (Lipinski definition) is 2. The van der Waals surface area contributed by atoms with Gasteiger partial charge in [-0.3, -0.25) is 4.79 Å². The Morgan fingerprint density at radius 2 is 1.88 bits per heavy atom. The van der Waals surface area contributed by atoms with Crippen molar-refractivity contribution in [2.45, 2.75) is 19.3 Å². The molecule has 1 amide bonds. The maximum atomic E-state index is 14.0. The number of fused-ring (bicyclic) bond motifs is 1. The summed E-state index contributed by atoms with van der Waals surface area (Å²) in [6.07, 6.45) is 0. The topological polar surface area (TPSA) is 84.9 Å². The molecule has 1 aliphatic rings. The van der Waals surface area contributed by atoms with Crippen LogP contribution in [0.1, 0.15) is 40.1 Å². The van der Waals surface area contributed by atoms with Gasteiger partial charge in [0.15, 0.2) is 11.5 Å². The monoisotopic (exact) mass is 359 g/mol. The molecule has 0 aromatic heterocycles. The predicted molar refractivity (Wildman–Crippen MR) is 91.3 cm³/mol. The zero-order valence-electron chi connectivity index (χ0n) is 14.3. The molecule has 2 aromatic rings. The van der Waals surface area contributed by atoms with Crippen molar-refractivity contribution >= 4 is 11.9 Å². The van der Waals surface area contributed by atoms with E-state index in [1.807, 2.05) is 32.0 Å². The van der Waals surface area contributed by atoms with Gasteiger partial charge in [0.2, 0.25) is 6.79 Å². The SMILES string of the molecule is CC(C)(CNC(=O)c1ccc(C(=O)O)cc1F)c1ccc2c(c1)OCO2. The van der Waals surface area contributed by atoms with Gasteiger partial charge in [-0.1, -0.05) is 19.9 Å². The molecule has 0 radical (unpaired) electrons. The lowest BCUT2D eigenvalue weighted by molar-refractivity contribution is 0.0695. The fraction of sp³-hybridized carbons (Fsp3) is 0.263. The third kappa shape index (κ3) is 3.46. The number of carboxylic acids is 1. The molecule has 0 atom stereocenters. The molecule has 7 heteroatoms. The van der Waals surface area contributed by atoms with Crippen LogP contribution in [-0.4, -0.2) is 30.3 Å². The van der Waals surface area contributed by atoms with Gasteiger partial charge >= 0.3 is 5.97 Å². The number of ether oxygens (including phenoxy) is 2. The number of amides is 1. The highest BCUT2D eigenvalue weighted by Crippen LogP contribution is 2.36. The van der Waals surface area contributed by atoms with Gasteiger partial charge < -0.3 is 19.9 Å². The molecule has 0 spiro atoms.